The maximum absolute atomic E-state index is 11.5. The molecule has 88 valence electrons. The van der Waals surface area contributed by atoms with Crippen molar-refractivity contribution in [2.45, 2.75) is 19.4 Å². The second-order valence-electron chi connectivity index (χ2n) is 4.46. The molecular formula is C12H18N2O2. The van der Waals surface area contributed by atoms with Crippen LogP contribution in [-0.4, -0.2) is 30.7 Å². The summed E-state index contributed by atoms with van der Waals surface area (Å²) in [5, 5.41) is 12.2. The van der Waals surface area contributed by atoms with Gasteiger partial charge in [-0.25, -0.2) is 0 Å². The van der Waals surface area contributed by atoms with E-state index in [1.54, 1.807) is 6.07 Å². The molecule has 0 spiro atoms. The van der Waals surface area contributed by atoms with Crippen molar-refractivity contribution in [3.05, 3.63) is 24.3 Å². The van der Waals surface area contributed by atoms with Crippen LogP contribution in [0, 0.1) is 0 Å². The van der Waals surface area contributed by atoms with Crippen LogP contribution in [-0.2, 0) is 4.79 Å². The van der Waals surface area contributed by atoms with Gasteiger partial charge in [0.2, 0.25) is 0 Å². The first-order valence-electron chi connectivity index (χ1n) is 5.12. The Morgan fingerprint density at radius 2 is 2.00 bits per heavy atom. The topological polar surface area (TPSA) is 52.6 Å². The SMILES string of the molecule is CN(C)c1cccc(NC(=O)C(C)(C)O)c1. The zero-order valence-corrected chi connectivity index (χ0v) is 10.1. The summed E-state index contributed by atoms with van der Waals surface area (Å²) < 4.78 is 0. The number of hydrogen-bond donors (Lipinski definition) is 2. The lowest BCUT2D eigenvalue weighted by Gasteiger charge is -2.18. The second kappa shape index (κ2) is 4.53. The highest BCUT2D eigenvalue weighted by atomic mass is 16.3. The normalized spacial score (nSPS) is 11.1. The zero-order chi connectivity index (χ0) is 12.3. The quantitative estimate of drug-likeness (QED) is 0.814. The second-order valence-corrected chi connectivity index (χ2v) is 4.46. The predicted molar refractivity (Wildman–Crippen MR) is 65.7 cm³/mol. The maximum atomic E-state index is 11.5. The molecule has 0 fully saturated rings. The Labute approximate surface area is 95.9 Å². The van der Waals surface area contributed by atoms with Crippen LogP contribution in [0.25, 0.3) is 0 Å². The molecule has 2 N–H and O–H groups in total. The highest BCUT2D eigenvalue weighted by molar-refractivity contribution is 5.96. The third-order valence-corrected chi connectivity index (χ3v) is 2.18. The molecule has 0 heterocycles. The van der Waals surface area contributed by atoms with Gasteiger partial charge in [0, 0.05) is 25.5 Å². The minimum atomic E-state index is -1.37. The molecule has 1 amide bonds. The number of benzene rings is 1. The number of nitrogens with one attached hydrogen (secondary N) is 1. The number of anilines is 2. The molecule has 0 aliphatic carbocycles. The van der Waals surface area contributed by atoms with Crippen LogP contribution < -0.4 is 10.2 Å². The third kappa shape index (κ3) is 3.24. The fourth-order valence-corrected chi connectivity index (χ4v) is 1.15. The van der Waals surface area contributed by atoms with Crippen molar-refractivity contribution in [2.75, 3.05) is 24.3 Å². The van der Waals surface area contributed by atoms with Crippen molar-refractivity contribution >= 4 is 17.3 Å². The average molecular weight is 222 g/mol. The molecule has 0 aliphatic rings. The van der Waals surface area contributed by atoms with Gasteiger partial charge >= 0.3 is 0 Å². The van der Waals surface area contributed by atoms with E-state index in [-0.39, 0.29) is 0 Å². The van der Waals surface area contributed by atoms with Crippen LogP contribution in [0.3, 0.4) is 0 Å². The van der Waals surface area contributed by atoms with Gasteiger partial charge in [0.05, 0.1) is 0 Å². The molecule has 4 heteroatoms. The van der Waals surface area contributed by atoms with E-state index in [1.807, 2.05) is 37.2 Å². The highest BCUT2D eigenvalue weighted by Crippen LogP contribution is 2.18. The molecule has 0 aromatic heterocycles. The Balaban J connectivity index is 2.83. The number of carbonyl (C=O) groups is 1. The minimum Gasteiger partial charge on any atom is -0.381 e. The van der Waals surface area contributed by atoms with Gasteiger partial charge in [-0.3, -0.25) is 4.79 Å². The van der Waals surface area contributed by atoms with E-state index in [0.29, 0.717) is 5.69 Å². The maximum Gasteiger partial charge on any atom is 0.255 e. The number of hydrogen-bond acceptors (Lipinski definition) is 3. The summed E-state index contributed by atoms with van der Waals surface area (Å²) in [6.45, 7) is 2.91. The number of nitrogens with zero attached hydrogens (tertiary/aromatic N) is 1. The van der Waals surface area contributed by atoms with Gasteiger partial charge in [0.25, 0.3) is 5.91 Å². The van der Waals surface area contributed by atoms with E-state index in [2.05, 4.69) is 5.32 Å². The summed E-state index contributed by atoms with van der Waals surface area (Å²) in [6.07, 6.45) is 0. The van der Waals surface area contributed by atoms with Crippen molar-refractivity contribution in [3.8, 4) is 0 Å². The van der Waals surface area contributed by atoms with Crippen LogP contribution in [0.15, 0.2) is 24.3 Å². The first kappa shape index (κ1) is 12.5. The van der Waals surface area contributed by atoms with E-state index in [0.717, 1.165) is 5.69 Å². The summed E-state index contributed by atoms with van der Waals surface area (Å²) >= 11 is 0. The third-order valence-electron chi connectivity index (χ3n) is 2.18. The fourth-order valence-electron chi connectivity index (χ4n) is 1.15. The lowest BCUT2D eigenvalue weighted by atomic mass is 10.1. The molecule has 0 saturated heterocycles. The molecule has 4 nitrogen and oxygen atoms in total. The van der Waals surface area contributed by atoms with Crippen molar-refractivity contribution < 1.29 is 9.90 Å². The molecule has 0 saturated carbocycles. The fraction of sp³-hybridized carbons (Fsp3) is 0.417. The first-order chi connectivity index (χ1) is 7.30. The summed E-state index contributed by atoms with van der Waals surface area (Å²) in [4.78, 5) is 13.5. The molecular weight excluding hydrogens is 204 g/mol. The van der Waals surface area contributed by atoms with Crippen LogP contribution in [0.4, 0.5) is 11.4 Å². The molecule has 1 aromatic carbocycles. The van der Waals surface area contributed by atoms with E-state index in [1.165, 1.54) is 13.8 Å². The Bertz CT molecular complexity index is 381. The smallest absolute Gasteiger partial charge is 0.255 e. The van der Waals surface area contributed by atoms with Crippen molar-refractivity contribution in [2.24, 2.45) is 0 Å². The van der Waals surface area contributed by atoms with Crippen molar-refractivity contribution in [1.82, 2.24) is 0 Å². The summed E-state index contributed by atoms with van der Waals surface area (Å²) in [5.74, 6) is -0.414. The summed E-state index contributed by atoms with van der Waals surface area (Å²) in [7, 11) is 3.85. The van der Waals surface area contributed by atoms with Crippen LogP contribution in [0.2, 0.25) is 0 Å². The lowest BCUT2D eigenvalue weighted by Crippen LogP contribution is -2.36. The molecule has 0 atom stereocenters. The van der Waals surface area contributed by atoms with Crippen LogP contribution in [0.1, 0.15) is 13.8 Å². The van der Waals surface area contributed by atoms with Crippen molar-refractivity contribution in [1.29, 1.82) is 0 Å². The molecule has 0 aliphatic heterocycles. The monoisotopic (exact) mass is 222 g/mol. The Hall–Kier alpha value is -1.55. The van der Waals surface area contributed by atoms with Gasteiger partial charge in [0.1, 0.15) is 5.60 Å². The van der Waals surface area contributed by atoms with E-state index in [4.69, 9.17) is 0 Å². The predicted octanol–water partition coefficient (Wildman–Crippen LogP) is 1.46. The largest absolute Gasteiger partial charge is 0.381 e. The molecule has 0 unspecified atom stereocenters. The van der Waals surface area contributed by atoms with Gasteiger partial charge in [-0.05, 0) is 32.0 Å². The Kier molecular flexibility index (Phi) is 3.55. The average Bonchev–Trinajstić information content (AvgIpc) is 2.16. The van der Waals surface area contributed by atoms with E-state index in [9.17, 15) is 9.90 Å². The Morgan fingerprint density at radius 3 is 2.50 bits per heavy atom. The minimum absolute atomic E-state index is 0.414. The molecule has 1 rings (SSSR count). The Morgan fingerprint density at radius 1 is 1.38 bits per heavy atom. The van der Waals surface area contributed by atoms with Crippen LogP contribution >= 0.6 is 0 Å². The summed E-state index contributed by atoms with van der Waals surface area (Å²) in [6, 6.07) is 7.44. The van der Waals surface area contributed by atoms with Gasteiger partial charge < -0.3 is 15.3 Å². The molecule has 16 heavy (non-hydrogen) atoms. The van der Waals surface area contributed by atoms with Gasteiger partial charge in [-0.2, -0.15) is 0 Å². The van der Waals surface area contributed by atoms with Crippen LogP contribution in [0.5, 0.6) is 0 Å². The zero-order valence-electron chi connectivity index (χ0n) is 10.1. The number of carbonyl (C=O) groups excluding carboxylic acids is 1. The first-order valence-corrected chi connectivity index (χ1v) is 5.12. The van der Waals surface area contributed by atoms with Gasteiger partial charge in [-0.15, -0.1) is 0 Å². The van der Waals surface area contributed by atoms with Gasteiger partial charge in [-0.1, -0.05) is 6.07 Å². The molecule has 0 radical (unpaired) electrons. The number of rotatable bonds is 3. The summed E-state index contributed by atoms with van der Waals surface area (Å²) in [5.41, 5.74) is 0.306. The lowest BCUT2D eigenvalue weighted by molar-refractivity contribution is -0.130. The highest BCUT2D eigenvalue weighted by Gasteiger charge is 2.23. The number of amides is 1. The standard InChI is InChI=1S/C12H18N2O2/c1-12(2,16)11(15)13-9-6-5-7-10(8-9)14(3)4/h5-8,16H,1-4H3,(H,13,15). The number of aliphatic hydroxyl groups is 1. The van der Waals surface area contributed by atoms with E-state index >= 15 is 0 Å². The molecule has 0 bridgehead atoms. The van der Waals surface area contributed by atoms with E-state index < -0.39 is 11.5 Å². The molecule has 1 aromatic rings. The van der Waals surface area contributed by atoms with Gasteiger partial charge in [0.15, 0.2) is 0 Å². The van der Waals surface area contributed by atoms with Crippen molar-refractivity contribution in [3.63, 3.8) is 0 Å².